The molecule has 2 aliphatic rings. The molecule has 1 saturated carbocycles. The van der Waals surface area contributed by atoms with Gasteiger partial charge in [-0.25, -0.2) is 4.79 Å². The first-order valence-corrected chi connectivity index (χ1v) is 6.28. The van der Waals surface area contributed by atoms with Crippen molar-refractivity contribution >= 4 is 5.78 Å². The van der Waals surface area contributed by atoms with Crippen LogP contribution in [0.2, 0.25) is 0 Å². The fraction of sp³-hybridized carbons (Fsp3) is 0.538. The summed E-state index contributed by atoms with van der Waals surface area (Å²) >= 11 is 0. The Morgan fingerprint density at radius 3 is 2.60 bits per heavy atom. The number of rotatable bonds is 0. The van der Waals surface area contributed by atoms with Crippen molar-refractivity contribution in [2.24, 2.45) is 5.92 Å². The number of hydrogen-bond donors (Lipinski definition) is 3. The van der Waals surface area contributed by atoms with Gasteiger partial charge in [0, 0.05) is 6.07 Å². The van der Waals surface area contributed by atoms with E-state index in [1.165, 1.54) is 6.07 Å². The summed E-state index contributed by atoms with van der Waals surface area (Å²) in [6, 6.07) is 1.50. The van der Waals surface area contributed by atoms with Gasteiger partial charge in [-0.1, -0.05) is 0 Å². The number of ether oxygens (including phenoxy) is 1. The molecule has 0 unspecified atom stereocenters. The number of fused-ring (bicyclic) bond motifs is 2. The van der Waals surface area contributed by atoms with E-state index in [1.54, 1.807) is 6.92 Å². The maximum absolute atomic E-state index is 12.0. The molecule has 1 fully saturated rings. The van der Waals surface area contributed by atoms with E-state index in [1.807, 2.05) is 0 Å². The molecule has 7 heteroatoms. The van der Waals surface area contributed by atoms with Crippen molar-refractivity contribution in [2.45, 2.75) is 37.8 Å². The lowest BCUT2D eigenvalue weighted by Crippen LogP contribution is -2.62. The molecular weight excluding hydrogens is 268 g/mol. The monoisotopic (exact) mass is 282 g/mol. The molecule has 20 heavy (non-hydrogen) atoms. The standard InChI is InChI=1S/C13H14O7/c1-4-2-7-5(13(18)19-4)3-6-8(14)9(15)10(16)11(17)12(6)20-7/h2,6,9-12,15-17H,3H2,1H3/t6-,9+,10-,11-,12-/m0/s1. The maximum atomic E-state index is 12.0. The lowest BCUT2D eigenvalue weighted by molar-refractivity contribution is -0.173. The third kappa shape index (κ3) is 1.78. The average Bonchev–Trinajstić information content (AvgIpc) is 2.41. The average molecular weight is 282 g/mol. The van der Waals surface area contributed by atoms with Crippen LogP contribution in [0.3, 0.4) is 0 Å². The number of carbonyl (C=O) groups excluding carboxylic acids is 1. The normalized spacial score (nSPS) is 36.0. The van der Waals surface area contributed by atoms with Gasteiger partial charge in [-0.05, 0) is 13.3 Å². The predicted molar refractivity (Wildman–Crippen MR) is 64.4 cm³/mol. The molecule has 1 aromatic heterocycles. The minimum absolute atomic E-state index is 0.0162. The molecule has 0 aromatic carbocycles. The van der Waals surface area contributed by atoms with Gasteiger partial charge in [0.15, 0.2) is 5.78 Å². The smallest absolute Gasteiger partial charge is 0.342 e. The van der Waals surface area contributed by atoms with Crippen LogP contribution in [-0.2, 0) is 11.2 Å². The molecule has 3 rings (SSSR count). The largest absolute Gasteiger partial charge is 0.486 e. The highest BCUT2D eigenvalue weighted by Gasteiger charge is 2.52. The molecule has 7 nitrogen and oxygen atoms in total. The van der Waals surface area contributed by atoms with Crippen LogP contribution in [0, 0.1) is 12.8 Å². The number of Topliss-reactive ketones (excluding diaryl/α,β-unsaturated/α-hetero) is 1. The maximum Gasteiger partial charge on any atom is 0.342 e. The Hall–Kier alpha value is -1.70. The van der Waals surface area contributed by atoms with Crippen LogP contribution in [0.1, 0.15) is 11.3 Å². The Morgan fingerprint density at radius 2 is 1.90 bits per heavy atom. The molecular formula is C13H14O7. The van der Waals surface area contributed by atoms with Gasteiger partial charge in [0.1, 0.15) is 35.9 Å². The molecule has 1 aliphatic carbocycles. The Morgan fingerprint density at radius 1 is 1.20 bits per heavy atom. The second kappa shape index (κ2) is 4.41. The molecule has 108 valence electrons. The van der Waals surface area contributed by atoms with Gasteiger partial charge in [0.2, 0.25) is 0 Å². The summed E-state index contributed by atoms with van der Waals surface area (Å²) in [7, 11) is 0. The molecule has 0 radical (unpaired) electrons. The van der Waals surface area contributed by atoms with Crippen LogP contribution in [0.25, 0.3) is 0 Å². The second-order valence-electron chi connectivity index (χ2n) is 5.21. The summed E-state index contributed by atoms with van der Waals surface area (Å²) in [6.45, 7) is 1.58. The van der Waals surface area contributed by atoms with Crippen LogP contribution in [-0.4, -0.2) is 45.5 Å². The molecule has 1 aromatic rings. The minimum Gasteiger partial charge on any atom is -0.486 e. The van der Waals surface area contributed by atoms with Crippen molar-refractivity contribution in [1.29, 1.82) is 0 Å². The SMILES string of the molecule is Cc1cc2c(c(=O)o1)C[C@H]1C(=O)[C@@H](O)[C@H](O)[C@H](O)[C@H]1O2. The summed E-state index contributed by atoms with van der Waals surface area (Å²) in [6.07, 6.45) is -5.62. The second-order valence-corrected chi connectivity index (χ2v) is 5.21. The molecule has 2 heterocycles. The molecule has 0 spiro atoms. The van der Waals surface area contributed by atoms with E-state index in [0.29, 0.717) is 5.76 Å². The zero-order valence-electron chi connectivity index (χ0n) is 10.6. The minimum atomic E-state index is -1.67. The fourth-order valence-electron chi connectivity index (χ4n) is 2.80. The van der Waals surface area contributed by atoms with Crippen LogP contribution in [0.5, 0.6) is 5.75 Å². The van der Waals surface area contributed by atoms with Crippen LogP contribution >= 0.6 is 0 Å². The lowest BCUT2D eigenvalue weighted by atomic mass is 9.75. The zero-order valence-corrected chi connectivity index (χ0v) is 10.6. The van der Waals surface area contributed by atoms with E-state index < -0.39 is 41.7 Å². The molecule has 0 amide bonds. The van der Waals surface area contributed by atoms with Gasteiger partial charge in [-0.2, -0.15) is 0 Å². The van der Waals surface area contributed by atoms with Gasteiger partial charge < -0.3 is 24.5 Å². The first-order chi connectivity index (χ1) is 9.40. The van der Waals surface area contributed by atoms with E-state index in [2.05, 4.69) is 0 Å². The number of aliphatic hydroxyl groups is 3. The topological polar surface area (TPSA) is 117 Å². The van der Waals surface area contributed by atoms with Crippen molar-refractivity contribution in [3.05, 3.63) is 27.8 Å². The zero-order chi connectivity index (χ0) is 14.6. The highest BCUT2D eigenvalue weighted by molar-refractivity contribution is 5.88. The molecule has 5 atom stereocenters. The highest BCUT2D eigenvalue weighted by Crippen LogP contribution is 2.36. The van der Waals surface area contributed by atoms with Gasteiger partial charge in [0.25, 0.3) is 0 Å². The Labute approximate surface area is 113 Å². The first-order valence-electron chi connectivity index (χ1n) is 6.28. The van der Waals surface area contributed by atoms with E-state index in [-0.39, 0.29) is 17.7 Å². The Bertz CT molecular complexity index is 620. The summed E-state index contributed by atoms with van der Waals surface area (Å²) < 4.78 is 10.4. The summed E-state index contributed by atoms with van der Waals surface area (Å²) in [5.74, 6) is -0.917. The number of aryl methyl sites for hydroxylation is 1. The van der Waals surface area contributed by atoms with Crippen molar-refractivity contribution in [3.63, 3.8) is 0 Å². The summed E-state index contributed by atoms with van der Waals surface area (Å²) in [5, 5.41) is 29.2. The number of hydrogen-bond acceptors (Lipinski definition) is 7. The van der Waals surface area contributed by atoms with Crippen molar-refractivity contribution in [1.82, 2.24) is 0 Å². The molecule has 0 saturated heterocycles. The quantitative estimate of drug-likeness (QED) is 0.532. The van der Waals surface area contributed by atoms with Gasteiger partial charge in [-0.3, -0.25) is 4.79 Å². The third-order valence-electron chi connectivity index (χ3n) is 3.88. The van der Waals surface area contributed by atoms with E-state index in [0.717, 1.165) is 0 Å². The lowest BCUT2D eigenvalue weighted by Gasteiger charge is -2.42. The van der Waals surface area contributed by atoms with E-state index in [4.69, 9.17) is 9.15 Å². The molecule has 0 bridgehead atoms. The number of carbonyl (C=O) groups is 1. The van der Waals surface area contributed by atoms with Crippen molar-refractivity contribution in [2.75, 3.05) is 0 Å². The fourth-order valence-corrected chi connectivity index (χ4v) is 2.80. The van der Waals surface area contributed by atoms with Crippen molar-refractivity contribution in [3.8, 4) is 5.75 Å². The molecule has 3 N–H and O–H groups in total. The molecule has 1 aliphatic heterocycles. The predicted octanol–water partition coefficient (Wildman–Crippen LogP) is -1.47. The highest BCUT2D eigenvalue weighted by atomic mass is 16.5. The van der Waals surface area contributed by atoms with Crippen LogP contribution in [0.4, 0.5) is 0 Å². The summed E-state index contributed by atoms with van der Waals surface area (Å²) in [4.78, 5) is 23.7. The van der Waals surface area contributed by atoms with Gasteiger partial charge >= 0.3 is 5.63 Å². The first kappa shape index (κ1) is 13.3. The number of aliphatic hydroxyl groups excluding tert-OH is 3. The van der Waals surface area contributed by atoms with E-state index in [9.17, 15) is 24.9 Å². The number of ketones is 1. The van der Waals surface area contributed by atoms with Gasteiger partial charge in [-0.15, -0.1) is 0 Å². The van der Waals surface area contributed by atoms with E-state index >= 15 is 0 Å². The van der Waals surface area contributed by atoms with Crippen LogP contribution in [0.15, 0.2) is 15.3 Å². The Kier molecular flexibility index (Phi) is 2.93. The third-order valence-corrected chi connectivity index (χ3v) is 3.88. The summed E-state index contributed by atoms with van der Waals surface area (Å²) in [5.41, 5.74) is -0.387. The van der Waals surface area contributed by atoms with Crippen molar-refractivity contribution < 1.29 is 29.3 Å². The Balaban J connectivity index is 2.06. The van der Waals surface area contributed by atoms with Crippen LogP contribution < -0.4 is 10.4 Å². The van der Waals surface area contributed by atoms with Gasteiger partial charge in [0.05, 0.1) is 11.5 Å².